The molecule has 90 valence electrons. The summed E-state index contributed by atoms with van der Waals surface area (Å²) in [5.74, 6) is 0.598. The first-order valence-electron chi connectivity index (χ1n) is 6.00. The lowest BCUT2D eigenvalue weighted by molar-refractivity contribution is 0.190. The van der Waals surface area contributed by atoms with E-state index in [1.807, 2.05) is 0 Å². The minimum atomic E-state index is 0.460. The summed E-state index contributed by atoms with van der Waals surface area (Å²) in [5.41, 5.74) is 8.48. The Labute approximate surface area is 99.5 Å². The van der Waals surface area contributed by atoms with Crippen molar-refractivity contribution >= 4 is 0 Å². The van der Waals surface area contributed by atoms with Gasteiger partial charge in [-0.05, 0) is 25.5 Å². The van der Waals surface area contributed by atoms with E-state index in [1.54, 1.807) is 0 Å². The molecule has 2 nitrogen and oxygen atoms in total. The normalized spacial score (nSPS) is 13.4. The van der Waals surface area contributed by atoms with Crippen LogP contribution in [0.4, 0.5) is 0 Å². The fourth-order valence-electron chi connectivity index (χ4n) is 2.06. The molecule has 2 heteroatoms. The maximum Gasteiger partial charge on any atom is 0.0241 e. The van der Waals surface area contributed by atoms with Crippen LogP contribution in [0.2, 0.25) is 0 Å². The van der Waals surface area contributed by atoms with E-state index in [9.17, 15) is 0 Å². The number of likely N-dealkylation sites (N-methyl/N-ethyl adjacent to an activating group) is 1. The third-order valence-electron chi connectivity index (χ3n) is 3.13. The molecule has 0 aliphatic rings. The molecule has 0 saturated heterocycles. The zero-order valence-electron chi connectivity index (χ0n) is 10.9. The van der Waals surface area contributed by atoms with Crippen molar-refractivity contribution in [1.82, 2.24) is 4.90 Å². The van der Waals surface area contributed by atoms with Gasteiger partial charge in [0, 0.05) is 19.1 Å². The lowest BCUT2D eigenvalue weighted by Gasteiger charge is -2.30. The second-order valence-corrected chi connectivity index (χ2v) is 4.95. The van der Waals surface area contributed by atoms with Gasteiger partial charge in [0.25, 0.3) is 0 Å². The third-order valence-corrected chi connectivity index (χ3v) is 3.13. The first kappa shape index (κ1) is 13.2. The highest BCUT2D eigenvalue weighted by Crippen LogP contribution is 2.12. The van der Waals surface area contributed by atoms with Crippen LogP contribution in [-0.4, -0.2) is 24.5 Å². The lowest BCUT2D eigenvalue weighted by Crippen LogP contribution is -2.41. The van der Waals surface area contributed by atoms with Gasteiger partial charge in [0.1, 0.15) is 0 Å². The Bertz CT molecular complexity index is 303. The standard InChI is InChI=1S/C14H24N2/c1-11(2)14(9-15)16(4)10-13-7-5-12(3)6-8-13/h5-8,11,14H,9-10,15H2,1-4H3. The van der Waals surface area contributed by atoms with Gasteiger partial charge in [0.15, 0.2) is 0 Å². The van der Waals surface area contributed by atoms with Crippen molar-refractivity contribution in [3.8, 4) is 0 Å². The van der Waals surface area contributed by atoms with Gasteiger partial charge >= 0.3 is 0 Å². The molecule has 0 spiro atoms. The fraction of sp³-hybridized carbons (Fsp3) is 0.571. The van der Waals surface area contributed by atoms with Crippen LogP contribution in [0.25, 0.3) is 0 Å². The monoisotopic (exact) mass is 220 g/mol. The molecule has 1 aromatic rings. The van der Waals surface area contributed by atoms with Crippen molar-refractivity contribution in [3.05, 3.63) is 35.4 Å². The summed E-state index contributed by atoms with van der Waals surface area (Å²) in [6.07, 6.45) is 0. The van der Waals surface area contributed by atoms with Crippen molar-refractivity contribution < 1.29 is 0 Å². The van der Waals surface area contributed by atoms with Crippen molar-refractivity contribution in [2.24, 2.45) is 11.7 Å². The Morgan fingerprint density at radius 1 is 1.19 bits per heavy atom. The summed E-state index contributed by atoms with van der Waals surface area (Å²) in [6, 6.07) is 9.17. The van der Waals surface area contributed by atoms with Gasteiger partial charge in [-0.25, -0.2) is 0 Å². The van der Waals surface area contributed by atoms with Crippen LogP contribution in [0, 0.1) is 12.8 Å². The Balaban J connectivity index is 2.62. The molecule has 0 fully saturated rings. The van der Waals surface area contributed by atoms with E-state index in [4.69, 9.17) is 5.73 Å². The van der Waals surface area contributed by atoms with Gasteiger partial charge in [-0.3, -0.25) is 4.90 Å². The summed E-state index contributed by atoms with van der Waals surface area (Å²) in [6.45, 7) is 8.26. The van der Waals surface area contributed by atoms with Crippen LogP contribution in [0.3, 0.4) is 0 Å². The predicted molar refractivity (Wildman–Crippen MR) is 70.3 cm³/mol. The maximum absolute atomic E-state index is 5.81. The largest absolute Gasteiger partial charge is 0.329 e. The first-order chi connectivity index (χ1) is 7.54. The van der Waals surface area contributed by atoms with Crippen LogP contribution < -0.4 is 5.73 Å². The number of hydrogen-bond acceptors (Lipinski definition) is 2. The quantitative estimate of drug-likeness (QED) is 0.825. The highest BCUT2D eigenvalue weighted by atomic mass is 15.1. The van der Waals surface area contributed by atoms with E-state index < -0.39 is 0 Å². The molecule has 1 rings (SSSR count). The molecular weight excluding hydrogens is 196 g/mol. The summed E-state index contributed by atoms with van der Waals surface area (Å²) in [5, 5.41) is 0. The van der Waals surface area contributed by atoms with Crippen LogP contribution in [0.5, 0.6) is 0 Å². The highest BCUT2D eigenvalue weighted by Gasteiger charge is 2.16. The smallest absolute Gasteiger partial charge is 0.0241 e. The number of hydrogen-bond donors (Lipinski definition) is 1. The number of benzene rings is 1. The molecule has 1 atom stereocenters. The van der Waals surface area contributed by atoms with Gasteiger partial charge in [0.2, 0.25) is 0 Å². The molecular formula is C14H24N2. The van der Waals surface area contributed by atoms with Crippen molar-refractivity contribution in [2.75, 3.05) is 13.6 Å². The van der Waals surface area contributed by atoms with Crippen molar-refractivity contribution in [1.29, 1.82) is 0 Å². The summed E-state index contributed by atoms with van der Waals surface area (Å²) in [7, 11) is 2.15. The molecule has 0 saturated carbocycles. The minimum absolute atomic E-state index is 0.460. The Kier molecular flexibility index (Phi) is 4.97. The molecule has 0 aliphatic heterocycles. The molecule has 1 aromatic carbocycles. The highest BCUT2D eigenvalue weighted by molar-refractivity contribution is 5.21. The summed E-state index contributed by atoms with van der Waals surface area (Å²) < 4.78 is 0. The molecule has 0 amide bonds. The SMILES string of the molecule is Cc1ccc(CN(C)C(CN)C(C)C)cc1. The second-order valence-electron chi connectivity index (χ2n) is 4.95. The molecule has 1 unspecified atom stereocenters. The molecule has 0 bridgehead atoms. The predicted octanol–water partition coefficient (Wildman–Crippen LogP) is 2.41. The van der Waals surface area contributed by atoms with Crippen LogP contribution in [-0.2, 0) is 6.54 Å². The first-order valence-corrected chi connectivity index (χ1v) is 6.00. The van der Waals surface area contributed by atoms with Crippen LogP contribution >= 0.6 is 0 Å². The van der Waals surface area contributed by atoms with E-state index in [0.717, 1.165) is 13.1 Å². The summed E-state index contributed by atoms with van der Waals surface area (Å²) >= 11 is 0. The summed E-state index contributed by atoms with van der Waals surface area (Å²) in [4.78, 5) is 2.34. The van der Waals surface area contributed by atoms with E-state index in [1.165, 1.54) is 11.1 Å². The number of nitrogens with two attached hydrogens (primary N) is 1. The molecule has 16 heavy (non-hydrogen) atoms. The number of rotatable bonds is 5. The zero-order chi connectivity index (χ0) is 12.1. The lowest BCUT2D eigenvalue weighted by atomic mass is 10.0. The molecule has 0 radical (unpaired) electrons. The van der Waals surface area contributed by atoms with Gasteiger partial charge < -0.3 is 5.73 Å². The van der Waals surface area contributed by atoms with E-state index in [-0.39, 0.29) is 0 Å². The number of nitrogens with zero attached hydrogens (tertiary/aromatic N) is 1. The van der Waals surface area contributed by atoms with E-state index in [0.29, 0.717) is 12.0 Å². The average Bonchev–Trinajstić information content (AvgIpc) is 2.22. The van der Waals surface area contributed by atoms with Gasteiger partial charge in [-0.1, -0.05) is 43.7 Å². The minimum Gasteiger partial charge on any atom is -0.329 e. The van der Waals surface area contributed by atoms with Gasteiger partial charge in [0.05, 0.1) is 0 Å². The van der Waals surface area contributed by atoms with Crippen LogP contribution in [0.1, 0.15) is 25.0 Å². The van der Waals surface area contributed by atoms with E-state index in [2.05, 4.69) is 57.0 Å². The Morgan fingerprint density at radius 2 is 1.75 bits per heavy atom. The average molecular weight is 220 g/mol. The third kappa shape index (κ3) is 3.62. The molecule has 0 heterocycles. The molecule has 2 N–H and O–H groups in total. The van der Waals surface area contributed by atoms with Crippen molar-refractivity contribution in [3.63, 3.8) is 0 Å². The molecule has 0 aliphatic carbocycles. The molecule has 0 aromatic heterocycles. The fourth-order valence-corrected chi connectivity index (χ4v) is 2.06. The van der Waals surface area contributed by atoms with Crippen molar-refractivity contribution in [2.45, 2.75) is 33.4 Å². The number of aryl methyl sites for hydroxylation is 1. The second kappa shape index (κ2) is 6.02. The Morgan fingerprint density at radius 3 is 2.19 bits per heavy atom. The van der Waals surface area contributed by atoms with Gasteiger partial charge in [-0.2, -0.15) is 0 Å². The topological polar surface area (TPSA) is 29.3 Å². The van der Waals surface area contributed by atoms with Gasteiger partial charge in [-0.15, -0.1) is 0 Å². The van der Waals surface area contributed by atoms with E-state index >= 15 is 0 Å². The Hall–Kier alpha value is -0.860. The maximum atomic E-state index is 5.81. The van der Waals surface area contributed by atoms with Crippen LogP contribution in [0.15, 0.2) is 24.3 Å². The zero-order valence-corrected chi connectivity index (χ0v) is 10.9.